The summed E-state index contributed by atoms with van der Waals surface area (Å²) in [5.41, 5.74) is 0. The minimum atomic E-state index is -0.202. The Morgan fingerprint density at radius 3 is 3.07 bits per heavy atom. The fourth-order valence-corrected chi connectivity index (χ4v) is 1.44. The molecule has 0 spiro atoms. The first-order valence-corrected chi connectivity index (χ1v) is 5.02. The molecule has 0 aromatic heterocycles. The Bertz CT molecular complexity index is 218. The standard InChI is InChI=1S/C9H17N3O2/c1-2-10-8(13)6-12-7-4-3-5-11-9(7)14/h7,12H,2-6H2,1H3,(H,10,13)(H,11,14). The molecule has 0 saturated carbocycles. The Kier molecular flexibility index (Phi) is 4.39. The first-order valence-electron chi connectivity index (χ1n) is 5.02. The minimum Gasteiger partial charge on any atom is -0.355 e. The van der Waals surface area contributed by atoms with Gasteiger partial charge in [-0.3, -0.25) is 14.9 Å². The van der Waals surface area contributed by atoms with E-state index in [0.717, 1.165) is 19.4 Å². The molecule has 80 valence electrons. The van der Waals surface area contributed by atoms with Crippen molar-refractivity contribution in [3.05, 3.63) is 0 Å². The molecule has 3 N–H and O–H groups in total. The summed E-state index contributed by atoms with van der Waals surface area (Å²) in [6.45, 7) is 3.45. The number of piperidine rings is 1. The predicted molar refractivity (Wildman–Crippen MR) is 52.7 cm³/mol. The van der Waals surface area contributed by atoms with Crippen molar-refractivity contribution in [3.63, 3.8) is 0 Å². The lowest BCUT2D eigenvalue weighted by Gasteiger charge is -2.22. The maximum absolute atomic E-state index is 11.3. The van der Waals surface area contributed by atoms with E-state index in [-0.39, 0.29) is 24.4 Å². The normalized spacial score (nSPS) is 21.5. The summed E-state index contributed by atoms with van der Waals surface area (Å²) < 4.78 is 0. The first-order chi connectivity index (χ1) is 6.74. The smallest absolute Gasteiger partial charge is 0.237 e. The Morgan fingerprint density at radius 1 is 1.64 bits per heavy atom. The third-order valence-electron chi connectivity index (χ3n) is 2.17. The van der Waals surface area contributed by atoms with Gasteiger partial charge in [0.1, 0.15) is 0 Å². The maximum Gasteiger partial charge on any atom is 0.237 e. The Morgan fingerprint density at radius 2 is 2.43 bits per heavy atom. The molecule has 2 amide bonds. The zero-order valence-electron chi connectivity index (χ0n) is 8.43. The van der Waals surface area contributed by atoms with Gasteiger partial charge in [0.25, 0.3) is 0 Å². The third kappa shape index (κ3) is 3.33. The molecule has 1 unspecified atom stereocenters. The third-order valence-corrected chi connectivity index (χ3v) is 2.17. The van der Waals surface area contributed by atoms with Crippen LogP contribution in [0.1, 0.15) is 19.8 Å². The van der Waals surface area contributed by atoms with Crippen LogP contribution < -0.4 is 16.0 Å². The summed E-state index contributed by atoms with van der Waals surface area (Å²) in [4.78, 5) is 22.3. The molecule has 1 rings (SSSR count). The van der Waals surface area contributed by atoms with E-state index < -0.39 is 0 Å². The number of rotatable bonds is 4. The number of likely N-dealkylation sites (N-methyl/N-ethyl adjacent to an activating group) is 1. The van der Waals surface area contributed by atoms with Gasteiger partial charge >= 0.3 is 0 Å². The van der Waals surface area contributed by atoms with E-state index in [1.165, 1.54) is 0 Å². The average molecular weight is 199 g/mol. The molecule has 0 aliphatic carbocycles. The Hall–Kier alpha value is -1.10. The van der Waals surface area contributed by atoms with Gasteiger partial charge in [-0.15, -0.1) is 0 Å². The van der Waals surface area contributed by atoms with Crippen molar-refractivity contribution in [1.82, 2.24) is 16.0 Å². The van der Waals surface area contributed by atoms with Gasteiger partial charge in [0.15, 0.2) is 0 Å². The second-order valence-corrected chi connectivity index (χ2v) is 3.32. The predicted octanol–water partition coefficient (Wildman–Crippen LogP) is -1.01. The first kappa shape index (κ1) is 11.0. The number of hydrogen-bond donors (Lipinski definition) is 3. The van der Waals surface area contributed by atoms with E-state index in [0.29, 0.717) is 6.54 Å². The molecule has 1 atom stereocenters. The van der Waals surface area contributed by atoms with E-state index in [2.05, 4.69) is 16.0 Å². The van der Waals surface area contributed by atoms with E-state index >= 15 is 0 Å². The zero-order valence-corrected chi connectivity index (χ0v) is 8.43. The van der Waals surface area contributed by atoms with Gasteiger partial charge in [-0.25, -0.2) is 0 Å². The summed E-state index contributed by atoms with van der Waals surface area (Å²) in [5, 5.41) is 8.35. The maximum atomic E-state index is 11.3. The highest BCUT2D eigenvalue weighted by Gasteiger charge is 2.21. The fraction of sp³-hybridized carbons (Fsp3) is 0.778. The van der Waals surface area contributed by atoms with Crippen LogP contribution in [0.3, 0.4) is 0 Å². The second kappa shape index (κ2) is 5.59. The number of amides is 2. The molecule has 0 aromatic rings. The molecular formula is C9H17N3O2. The molecule has 0 aromatic carbocycles. The van der Waals surface area contributed by atoms with Gasteiger partial charge in [0.05, 0.1) is 12.6 Å². The van der Waals surface area contributed by atoms with Crippen molar-refractivity contribution < 1.29 is 9.59 Å². The van der Waals surface area contributed by atoms with Crippen LogP contribution in [0.2, 0.25) is 0 Å². The molecule has 14 heavy (non-hydrogen) atoms. The molecule has 1 aliphatic heterocycles. The Balaban J connectivity index is 2.22. The van der Waals surface area contributed by atoms with Crippen molar-refractivity contribution in [2.75, 3.05) is 19.6 Å². The van der Waals surface area contributed by atoms with E-state index in [9.17, 15) is 9.59 Å². The lowest BCUT2D eigenvalue weighted by atomic mass is 10.1. The molecule has 1 aliphatic rings. The van der Waals surface area contributed by atoms with E-state index in [4.69, 9.17) is 0 Å². The van der Waals surface area contributed by atoms with E-state index in [1.807, 2.05) is 6.92 Å². The highest BCUT2D eigenvalue weighted by molar-refractivity contribution is 5.84. The molecule has 1 saturated heterocycles. The number of carbonyl (C=O) groups is 2. The van der Waals surface area contributed by atoms with Crippen molar-refractivity contribution in [3.8, 4) is 0 Å². The lowest BCUT2D eigenvalue weighted by Crippen LogP contribution is -2.50. The molecular weight excluding hydrogens is 182 g/mol. The van der Waals surface area contributed by atoms with Crippen LogP contribution in [-0.4, -0.2) is 37.5 Å². The zero-order chi connectivity index (χ0) is 10.4. The monoisotopic (exact) mass is 199 g/mol. The summed E-state index contributed by atoms with van der Waals surface area (Å²) in [6.07, 6.45) is 1.78. The molecule has 0 bridgehead atoms. The van der Waals surface area contributed by atoms with Crippen LogP contribution in [-0.2, 0) is 9.59 Å². The molecule has 5 heteroatoms. The number of hydrogen-bond acceptors (Lipinski definition) is 3. The summed E-state index contributed by atoms with van der Waals surface area (Å²) in [6, 6.07) is -0.202. The largest absolute Gasteiger partial charge is 0.355 e. The summed E-state index contributed by atoms with van der Waals surface area (Å²) >= 11 is 0. The summed E-state index contributed by atoms with van der Waals surface area (Å²) in [7, 11) is 0. The topological polar surface area (TPSA) is 70.2 Å². The average Bonchev–Trinajstić information content (AvgIpc) is 2.17. The quantitative estimate of drug-likeness (QED) is 0.543. The fourth-order valence-electron chi connectivity index (χ4n) is 1.44. The van der Waals surface area contributed by atoms with Gasteiger partial charge in [-0.2, -0.15) is 0 Å². The van der Waals surface area contributed by atoms with Gasteiger partial charge in [-0.05, 0) is 19.8 Å². The van der Waals surface area contributed by atoms with Crippen molar-refractivity contribution in [2.24, 2.45) is 0 Å². The van der Waals surface area contributed by atoms with Crippen LogP contribution in [0.15, 0.2) is 0 Å². The number of carbonyl (C=O) groups excluding carboxylic acids is 2. The van der Waals surface area contributed by atoms with Gasteiger partial charge in [-0.1, -0.05) is 0 Å². The van der Waals surface area contributed by atoms with Gasteiger partial charge in [0.2, 0.25) is 11.8 Å². The van der Waals surface area contributed by atoms with E-state index in [1.54, 1.807) is 0 Å². The van der Waals surface area contributed by atoms with Gasteiger partial charge in [0, 0.05) is 13.1 Å². The molecule has 1 heterocycles. The van der Waals surface area contributed by atoms with Crippen LogP contribution in [0.4, 0.5) is 0 Å². The number of nitrogens with one attached hydrogen (secondary N) is 3. The van der Waals surface area contributed by atoms with Crippen LogP contribution in [0.5, 0.6) is 0 Å². The van der Waals surface area contributed by atoms with Crippen LogP contribution in [0, 0.1) is 0 Å². The Labute approximate surface area is 83.6 Å². The highest BCUT2D eigenvalue weighted by atomic mass is 16.2. The lowest BCUT2D eigenvalue weighted by molar-refractivity contribution is -0.125. The second-order valence-electron chi connectivity index (χ2n) is 3.32. The molecule has 1 fully saturated rings. The molecule has 0 radical (unpaired) electrons. The summed E-state index contributed by atoms with van der Waals surface area (Å²) in [5.74, 6) is -0.0635. The highest BCUT2D eigenvalue weighted by Crippen LogP contribution is 2.01. The molecule has 5 nitrogen and oxygen atoms in total. The van der Waals surface area contributed by atoms with Crippen molar-refractivity contribution in [1.29, 1.82) is 0 Å². The minimum absolute atomic E-state index is 0.000508. The van der Waals surface area contributed by atoms with Gasteiger partial charge < -0.3 is 10.6 Å². The van der Waals surface area contributed by atoms with Crippen LogP contribution >= 0.6 is 0 Å². The van der Waals surface area contributed by atoms with Crippen LogP contribution in [0.25, 0.3) is 0 Å². The SMILES string of the molecule is CCNC(=O)CNC1CCCNC1=O. The van der Waals surface area contributed by atoms with Crippen molar-refractivity contribution in [2.45, 2.75) is 25.8 Å². The van der Waals surface area contributed by atoms with Crippen molar-refractivity contribution >= 4 is 11.8 Å².